The average molecular weight is 495 g/mol. The van der Waals surface area contributed by atoms with Crippen LogP contribution in [0.5, 0.6) is 11.5 Å². The smallest absolute Gasteiger partial charge is 0.288 e. The Hall–Kier alpha value is -4.67. The van der Waals surface area contributed by atoms with Crippen molar-refractivity contribution in [2.45, 2.75) is 26.3 Å². The van der Waals surface area contributed by atoms with Gasteiger partial charge in [-0.15, -0.1) is 0 Å². The summed E-state index contributed by atoms with van der Waals surface area (Å²) >= 11 is 0. The first kappa shape index (κ1) is 25.9. The zero-order valence-electron chi connectivity index (χ0n) is 19.8. The number of benzene rings is 2. The van der Waals surface area contributed by atoms with Crippen LogP contribution in [0.1, 0.15) is 46.6 Å². The number of pyridine rings is 1. The van der Waals surface area contributed by atoms with Gasteiger partial charge in [-0.2, -0.15) is 0 Å². The van der Waals surface area contributed by atoms with Gasteiger partial charge in [-0.3, -0.25) is 30.8 Å². The lowest BCUT2D eigenvalue weighted by atomic mass is 10.0. The van der Waals surface area contributed by atoms with E-state index < -0.39 is 23.7 Å². The number of phenols is 1. The summed E-state index contributed by atoms with van der Waals surface area (Å²) in [6.45, 7) is 3.74. The lowest BCUT2D eigenvalue weighted by molar-refractivity contribution is -0.122. The number of nitrogens with two attached hydrogens (primary N) is 1. The Morgan fingerprint density at radius 3 is 2.56 bits per heavy atom. The van der Waals surface area contributed by atoms with Crippen molar-refractivity contribution in [1.29, 1.82) is 5.41 Å². The van der Waals surface area contributed by atoms with Crippen LogP contribution in [0.4, 0.5) is 10.1 Å². The highest BCUT2D eigenvalue weighted by molar-refractivity contribution is 5.96. The van der Waals surface area contributed by atoms with Gasteiger partial charge in [-0.05, 0) is 55.3 Å². The highest BCUT2D eigenvalue weighted by Crippen LogP contribution is 2.32. The van der Waals surface area contributed by atoms with Crippen molar-refractivity contribution in [3.05, 3.63) is 82.9 Å². The number of amides is 2. The molecule has 188 valence electrons. The first-order chi connectivity index (χ1) is 17.2. The van der Waals surface area contributed by atoms with Crippen molar-refractivity contribution in [2.75, 3.05) is 11.9 Å². The van der Waals surface area contributed by atoms with Crippen LogP contribution in [0.3, 0.4) is 0 Å². The van der Waals surface area contributed by atoms with E-state index in [1.54, 1.807) is 43.3 Å². The molecule has 0 aliphatic carbocycles. The van der Waals surface area contributed by atoms with Gasteiger partial charge in [0.25, 0.3) is 11.8 Å². The van der Waals surface area contributed by atoms with Gasteiger partial charge in [0, 0.05) is 29.1 Å². The van der Waals surface area contributed by atoms with Gasteiger partial charge in [-0.1, -0.05) is 13.0 Å². The standard InChI is InChI=1S/C25H27FN6O4/c1-3-11-36-19-13-17(33)12-18(20(19)26)22(30-16-8-6-15(7-9-16)23(27)28)25(35)32-31-24(34)21-14(2)5-4-10-29-21/h4-10,12-13,22,30,33H,3,11H2,1-2H3,(H3,27,28)(H,31,34)(H,32,35). The summed E-state index contributed by atoms with van der Waals surface area (Å²) in [5.74, 6) is -2.99. The monoisotopic (exact) mass is 494 g/mol. The number of nitrogens with zero attached hydrogens (tertiary/aromatic N) is 1. The molecule has 2 aromatic carbocycles. The molecule has 1 aromatic heterocycles. The minimum absolute atomic E-state index is 0.112. The molecule has 3 aromatic rings. The number of carbonyl (C=O) groups excluding carboxylic acids is 2. The number of hydrazine groups is 1. The van der Waals surface area contributed by atoms with E-state index in [1.165, 1.54) is 6.20 Å². The molecule has 11 heteroatoms. The van der Waals surface area contributed by atoms with Gasteiger partial charge in [-0.25, -0.2) is 4.39 Å². The number of nitrogen functional groups attached to an aromatic ring is 1. The number of aromatic nitrogens is 1. The third-order valence-electron chi connectivity index (χ3n) is 5.12. The number of anilines is 1. The molecule has 10 nitrogen and oxygen atoms in total. The normalized spacial score (nSPS) is 11.3. The first-order valence-corrected chi connectivity index (χ1v) is 11.1. The second kappa shape index (κ2) is 11.6. The fourth-order valence-electron chi connectivity index (χ4n) is 3.30. The van der Waals surface area contributed by atoms with Crippen molar-refractivity contribution in [3.63, 3.8) is 0 Å². The maximum atomic E-state index is 15.4. The lowest BCUT2D eigenvalue weighted by Gasteiger charge is -2.22. The maximum absolute atomic E-state index is 15.4. The minimum Gasteiger partial charge on any atom is -0.508 e. The molecule has 0 spiro atoms. The largest absolute Gasteiger partial charge is 0.508 e. The van der Waals surface area contributed by atoms with Crippen molar-refractivity contribution in [2.24, 2.45) is 5.73 Å². The molecule has 1 atom stereocenters. The predicted molar refractivity (Wildman–Crippen MR) is 132 cm³/mol. The van der Waals surface area contributed by atoms with Gasteiger partial charge in [0.05, 0.1) is 6.61 Å². The van der Waals surface area contributed by atoms with Crippen molar-refractivity contribution < 1.29 is 23.8 Å². The van der Waals surface area contributed by atoms with E-state index in [0.29, 0.717) is 23.2 Å². The number of aryl methyl sites for hydroxylation is 1. The van der Waals surface area contributed by atoms with Crippen LogP contribution in [-0.4, -0.2) is 34.3 Å². The lowest BCUT2D eigenvalue weighted by Crippen LogP contribution is -2.46. The highest BCUT2D eigenvalue weighted by Gasteiger charge is 2.27. The number of ether oxygens (including phenoxy) is 1. The predicted octanol–water partition coefficient (Wildman–Crippen LogP) is 2.92. The zero-order chi connectivity index (χ0) is 26.2. The number of carbonyl (C=O) groups is 2. The second-order valence-electron chi connectivity index (χ2n) is 7.88. The molecule has 1 heterocycles. The van der Waals surface area contributed by atoms with E-state index in [4.69, 9.17) is 15.9 Å². The number of rotatable bonds is 9. The van der Waals surface area contributed by atoms with Gasteiger partial charge < -0.3 is 20.9 Å². The molecule has 1 unspecified atom stereocenters. The van der Waals surface area contributed by atoms with Gasteiger partial charge in [0.2, 0.25) is 0 Å². The Labute approximate surface area is 207 Å². The molecular weight excluding hydrogens is 467 g/mol. The summed E-state index contributed by atoms with van der Waals surface area (Å²) in [5, 5.41) is 20.6. The van der Waals surface area contributed by atoms with Crippen LogP contribution in [0.15, 0.2) is 54.7 Å². The van der Waals surface area contributed by atoms with Gasteiger partial charge >= 0.3 is 0 Å². The van der Waals surface area contributed by atoms with Crippen LogP contribution in [0.2, 0.25) is 0 Å². The summed E-state index contributed by atoms with van der Waals surface area (Å²) in [7, 11) is 0. The summed E-state index contributed by atoms with van der Waals surface area (Å²) in [4.78, 5) is 29.7. The molecule has 0 saturated heterocycles. The van der Waals surface area contributed by atoms with Crippen LogP contribution < -0.4 is 26.6 Å². The topological polar surface area (TPSA) is 162 Å². The molecule has 0 aliphatic rings. The van der Waals surface area contributed by atoms with Crippen LogP contribution >= 0.6 is 0 Å². The molecule has 7 N–H and O–H groups in total. The third-order valence-corrected chi connectivity index (χ3v) is 5.12. The summed E-state index contributed by atoms with van der Waals surface area (Å²) < 4.78 is 20.8. The number of halogens is 1. The van der Waals surface area contributed by atoms with E-state index in [9.17, 15) is 14.7 Å². The summed E-state index contributed by atoms with van der Waals surface area (Å²) in [5.41, 5.74) is 11.4. The van der Waals surface area contributed by atoms with Crippen LogP contribution in [-0.2, 0) is 4.79 Å². The van der Waals surface area contributed by atoms with Crippen molar-refractivity contribution >= 4 is 23.3 Å². The molecule has 36 heavy (non-hydrogen) atoms. The van der Waals surface area contributed by atoms with Crippen molar-refractivity contribution in [3.8, 4) is 11.5 Å². The Kier molecular flexibility index (Phi) is 8.39. The SMILES string of the molecule is CCCOc1cc(O)cc(C(Nc2ccc(C(=N)N)cc2)C(=O)NNC(=O)c2ncccc2C)c1F. The van der Waals surface area contributed by atoms with Gasteiger partial charge in [0.15, 0.2) is 11.6 Å². The Morgan fingerprint density at radius 1 is 1.19 bits per heavy atom. The maximum Gasteiger partial charge on any atom is 0.288 e. The summed E-state index contributed by atoms with van der Waals surface area (Å²) in [6.07, 6.45) is 2.05. The molecule has 0 aliphatic heterocycles. The number of nitrogens with one attached hydrogen (secondary N) is 4. The fourth-order valence-corrected chi connectivity index (χ4v) is 3.30. The second-order valence-corrected chi connectivity index (χ2v) is 7.88. The molecule has 3 rings (SSSR count). The Bertz CT molecular complexity index is 1270. The quantitative estimate of drug-likeness (QED) is 0.151. The number of amidine groups is 1. The minimum atomic E-state index is -1.39. The van der Waals surface area contributed by atoms with Gasteiger partial charge in [0.1, 0.15) is 23.3 Å². The fraction of sp³-hybridized carbons (Fsp3) is 0.200. The summed E-state index contributed by atoms with van der Waals surface area (Å²) in [6, 6.07) is 10.4. The Balaban J connectivity index is 1.92. The molecule has 0 fully saturated rings. The molecular formula is C25H27FN6O4. The zero-order valence-corrected chi connectivity index (χ0v) is 19.8. The Morgan fingerprint density at radius 2 is 1.92 bits per heavy atom. The van der Waals surface area contributed by atoms with Crippen molar-refractivity contribution in [1.82, 2.24) is 15.8 Å². The number of phenolic OH excluding ortho intramolecular Hbond substituents is 1. The molecule has 2 amide bonds. The highest BCUT2D eigenvalue weighted by atomic mass is 19.1. The molecule has 0 radical (unpaired) electrons. The van der Waals surface area contributed by atoms with E-state index in [-0.39, 0.29) is 35.2 Å². The first-order valence-electron chi connectivity index (χ1n) is 11.1. The van der Waals surface area contributed by atoms with Crippen LogP contribution in [0, 0.1) is 18.2 Å². The average Bonchev–Trinajstić information content (AvgIpc) is 2.86. The number of hydrogen-bond donors (Lipinski definition) is 6. The molecule has 0 saturated carbocycles. The molecule has 0 bridgehead atoms. The van der Waals surface area contributed by atoms with E-state index in [1.807, 2.05) is 6.92 Å². The van der Waals surface area contributed by atoms with E-state index >= 15 is 4.39 Å². The third kappa shape index (κ3) is 6.26. The number of hydrogen-bond acceptors (Lipinski definition) is 7. The van der Waals surface area contributed by atoms with E-state index in [0.717, 1.165) is 12.1 Å². The number of aromatic hydroxyl groups is 1. The van der Waals surface area contributed by atoms with Crippen LogP contribution in [0.25, 0.3) is 0 Å². The van der Waals surface area contributed by atoms with E-state index in [2.05, 4.69) is 21.2 Å².